The lowest BCUT2D eigenvalue weighted by Crippen LogP contribution is -2.11. The fourth-order valence-corrected chi connectivity index (χ4v) is 1.88. The van der Waals surface area contributed by atoms with Crippen LogP contribution in [0.15, 0.2) is 36.4 Å². The molecule has 0 aromatic heterocycles. The summed E-state index contributed by atoms with van der Waals surface area (Å²) in [6.45, 7) is -0.347. The molecule has 0 aliphatic rings. The molecule has 2 aromatic carbocycles. The Hall–Kier alpha value is -2.74. The summed E-state index contributed by atoms with van der Waals surface area (Å²) in [6, 6.07) is 6.77. The van der Waals surface area contributed by atoms with Gasteiger partial charge < -0.3 is 14.6 Å². The van der Waals surface area contributed by atoms with Crippen LogP contribution < -0.4 is 9.47 Å². The maximum atomic E-state index is 13.6. The Labute approximate surface area is 130 Å². The van der Waals surface area contributed by atoms with Gasteiger partial charge in [0.2, 0.25) is 0 Å². The third-order valence-corrected chi connectivity index (χ3v) is 3.08. The second-order valence-electron chi connectivity index (χ2n) is 4.59. The first-order valence-electron chi connectivity index (χ1n) is 6.50. The lowest BCUT2D eigenvalue weighted by atomic mass is 10.1. The van der Waals surface area contributed by atoms with E-state index in [0.29, 0.717) is 0 Å². The van der Waals surface area contributed by atoms with Gasteiger partial charge in [-0.25, -0.2) is 8.78 Å². The fourth-order valence-electron chi connectivity index (χ4n) is 1.88. The van der Waals surface area contributed by atoms with Gasteiger partial charge in [0.25, 0.3) is 5.69 Å². The van der Waals surface area contributed by atoms with E-state index in [1.807, 2.05) is 0 Å². The van der Waals surface area contributed by atoms with Gasteiger partial charge in [0.05, 0.1) is 18.1 Å². The average Bonchev–Trinajstić information content (AvgIpc) is 2.53. The number of benzene rings is 2. The quantitative estimate of drug-likeness (QED) is 0.652. The highest BCUT2D eigenvalue weighted by molar-refractivity contribution is 5.37. The standard InChI is InChI=1S/C15H13F2NO5/c1-22-14-4-2-9(6-11(14)16)13(19)8-23-15-5-3-10(18(20)21)7-12(15)17/h2-7,13,19H,8H2,1H3. The van der Waals surface area contributed by atoms with Crippen LogP contribution in [0.1, 0.15) is 11.7 Å². The summed E-state index contributed by atoms with van der Waals surface area (Å²) in [5, 5.41) is 20.5. The van der Waals surface area contributed by atoms with Crippen molar-refractivity contribution in [1.29, 1.82) is 0 Å². The minimum atomic E-state index is -1.20. The van der Waals surface area contributed by atoms with Crippen LogP contribution in [0.25, 0.3) is 0 Å². The van der Waals surface area contributed by atoms with Gasteiger partial charge in [0.15, 0.2) is 23.1 Å². The first kappa shape index (κ1) is 16.6. The summed E-state index contributed by atoms with van der Waals surface area (Å²) in [5.41, 5.74) is -0.182. The third-order valence-electron chi connectivity index (χ3n) is 3.08. The molecule has 122 valence electrons. The topological polar surface area (TPSA) is 81.8 Å². The molecule has 0 aliphatic carbocycles. The molecule has 23 heavy (non-hydrogen) atoms. The first-order chi connectivity index (χ1) is 10.9. The van der Waals surface area contributed by atoms with Crippen molar-refractivity contribution in [3.05, 3.63) is 63.7 Å². The molecule has 6 nitrogen and oxygen atoms in total. The molecule has 0 fully saturated rings. The molecule has 0 saturated carbocycles. The third kappa shape index (κ3) is 3.92. The fraction of sp³-hybridized carbons (Fsp3) is 0.200. The molecule has 0 amide bonds. The molecular weight excluding hydrogens is 312 g/mol. The van der Waals surface area contributed by atoms with Crippen molar-refractivity contribution in [2.24, 2.45) is 0 Å². The number of ether oxygens (including phenoxy) is 2. The van der Waals surface area contributed by atoms with E-state index in [2.05, 4.69) is 0 Å². The van der Waals surface area contributed by atoms with E-state index in [0.717, 1.165) is 24.3 Å². The second-order valence-corrected chi connectivity index (χ2v) is 4.59. The number of non-ortho nitro benzene ring substituents is 1. The number of hydrogen-bond donors (Lipinski definition) is 1. The molecule has 0 spiro atoms. The number of halogens is 2. The number of methoxy groups -OCH3 is 1. The van der Waals surface area contributed by atoms with E-state index >= 15 is 0 Å². The van der Waals surface area contributed by atoms with E-state index in [-0.39, 0.29) is 23.7 Å². The van der Waals surface area contributed by atoms with E-state index < -0.39 is 28.3 Å². The summed E-state index contributed by atoms with van der Waals surface area (Å²) < 4.78 is 37.0. The lowest BCUT2D eigenvalue weighted by molar-refractivity contribution is -0.385. The van der Waals surface area contributed by atoms with Gasteiger partial charge in [-0.15, -0.1) is 0 Å². The number of nitrogens with zero attached hydrogens (tertiary/aromatic N) is 1. The van der Waals surface area contributed by atoms with Crippen LogP contribution in [-0.2, 0) is 0 Å². The molecule has 0 bridgehead atoms. The van der Waals surface area contributed by atoms with Crippen molar-refractivity contribution >= 4 is 5.69 Å². The lowest BCUT2D eigenvalue weighted by Gasteiger charge is -2.14. The molecule has 1 atom stereocenters. The van der Waals surface area contributed by atoms with Gasteiger partial charge in [0, 0.05) is 6.07 Å². The molecule has 1 unspecified atom stereocenters. The molecular formula is C15H13F2NO5. The SMILES string of the molecule is COc1ccc(C(O)COc2ccc([N+](=O)[O-])cc2F)cc1F. The number of nitro groups is 1. The highest BCUT2D eigenvalue weighted by Crippen LogP contribution is 2.25. The van der Waals surface area contributed by atoms with Gasteiger partial charge in [-0.1, -0.05) is 6.07 Å². The smallest absolute Gasteiger partial charge is 0.272 e. The summed E-state index contributed by atoms with van der Waals surface area (Å²) in [7, 11) is 1.31. The number of rotatable bonds is 6. The summed E-state index contributed by atoms with van der Waals surface area (Å²) >= 11 is 0. The molecule has 0 radical (unpaired) electrons. The summed E-state index contributed by atoms with van der Waals surface area (Å²) in [5.74, 6) is -1.79. The molecule has 0 saturated heterocycles. The van der Waals surface area contributed by atoms with Gasteiger partial charge >= 0.3 is 0 Å². The van der Waals surface area contributed by atoms with Crippen molar-refractivity contribution in [3.8, 4) is 11.5 Å². The summed E-state index contributed by atoms with van der Waals surface area (Å²) in [6.07, 6.45) is -1.20. The molecule has 2 rings (SSSR count). The molecule has 8 heteroatoms. The van der Waals surface area contributed by atoms with Gasteiger partial charge in [-0.05, 0) is 23.8 Å². The van der Waals surface area contributed by atoms with Crippen LogP contribution in [0.4, 0.5) is 14.5 Å². The molecule has 1 N–H and O–H groups in total. The van der Waals surface area contributed by atoms with Crippen LogP contribution in [-0.4, -0.2) is 23.7 Å². The number of hydrogen-bond acceptors (Lipinski definition) is 5. The monoisotopic (exact) mass is 325 g/mol. The van der Waals surface area contributed by atoms with E-state index in [1.54, 1.807) is 0 Å². The van der Waals surface area contributed by atoms with Crippen molar-refractivity contribution < 1.29 is 28.3 Å². The number of aliphatic hydroxyl groups is 1. The highest BCUT2D eigenvalue weighted by Gasteiger charge is 2.15. The minimum absolute atomic E-state index is 0.0308. The Balaban J connectivity index is 2.05. The van der Waals surface area contributed by atoms with Crippen molar-refractivity contribution in [2.45, 2.75) is 6.10 Å². The first-order valence-corrected chi connectivity index (χ1v) is 6.50. The zero-order valence-corrected chi connectivity index (χ0v) is 12.0. The van der Waals surface area contributed by atoms with Crippen LogP contribution in [0, 0.1) is 21.7 Å². The minimum Gasteiger partial charge on any atom is -0.494 e. The van der Waals surface area contributed by atoms with E-state index in [4.69, 9.17) is 9.47 Å². The zero-order chi connectivity index (χ0) is 17.0. The Morgan fingerprint density at radius 2 is 1.83 bits per heavy atom. The summed E-state index contributed by atoms with van der Waals surface area (Å²) in [4.78, 5) is 9.78. The van der Waals surface area contributed by atoms with E-state index in [9.17, 15) is 24.0 Å². The van der Waals surface area contributed by atoms with Gasteiger partial charge in [-0.3, -0.25) is 10.1 Å². The van der Waals surface area contributed by atoms with Crippen LogP contribution in [0.2, 0.25) is 0 Å². The number of nitro benzene ring substituents is 1. The number of aliphatic hydroxyl groups excluding tert-OH is 1. The maximum absolute atomic E-state index is 13.6. The van der Waals surface area contributed by atoms with Crippen LogP contribution in [0.3, 0.4) is 0 Å². The Morgan fingerprint density at radius 1 is 1.17 bits per heavy atom. The van der Waals surface area contributed by atoms with Crippen LogP contribution >= 0.6 is 0 Å². The molecule has 2 aromatic rings. The zero-order valence-electron chi connectivity index (χ0n) is 12.0. The second kappa shape index (κ2) is 7.01. The van der Waals surface area contributed by atoms with E-state index in [1.165, 1.54) is 19.2 Å². The average molecular weight is 325 g/mol. The normalized spacial score (nSPS) is 11.8. The highest BCUT2D eigenvalue weighted by atomic mass is 19.1. The Kier molecular flexibility index (Phi) is 5.07. The predicted octanol–water partition coefficient (Wildman–Crippen LogP) is 2.99. The Morgan fingerprint density at radius 3 is 2.39 bits per heavy atom. The molecule has 0 heterocycles. The van der Waals surface area contributed by atoms with Crippen LogP contribution in [0.5, 0.6) is 11.5 Å². The maximum Gasteiger partial charge on any atom is 0.272 e. The Bertz CT molecular complexity index is 723. The largest absolute Gasteiger partial charge is 0.494 e. The van der Waals surface area contributed by atoms with Crippen molar-refractivity contribution in [1.82, 2.24) is 0 Å². The van der Waals surface area contributed by atoms with Crippen molar-refractivity contribution in [2.75, 3.05) is 13.7 Å². The van der Waals surface area contributed by atoms with Gasteiger partial charge in [0.1, 0.15) is 12.7 Å². The molecule has 0 aliphatic heterocycles. The van der Waals surface area contributed by atoms with Gasteiger partial charge in [-0.2, -0.15) is 0 Å². The predicted molar refractivity (Wildman–Crippen MR) is 76.5 cm³/mol. The van der Waals surface area contributed by atoms with Crippen molar-refractivity contribution in [3.63, 3.8) is 0 Å².